The summed E-state index contributed by atoms with van der Waals surface area (Å²) in [5, 5.41) is 20.0. The second-order valence-corrected chi connectivity index (χ2v) is 4.92. The van der Waals surface area contributed by atoms with Crippen LogP contribution in [0.1, 0.15) is 17.7 Å². The number of aliphatic imine (C=N–C) groups is 1. The van der Waals surface area contributed by atoms with Crippen LogP contribution in [0, 0.1) is 11.3 Å². The van der Waals surface area contributed by atoms with Crippen LogP contribution in [-0.4, -0.2) is 36.4 Å². The number of nitrogens with zero attached hydrogens (tertiary/aromatic N) is 4. The van der Waals surface area contributed by atoms with Crippen molar-refractivity contribution in [3.63, 3.8) is 0 Å². The molecule has 0 aliphatic heterocycles. The second kappa shape index (κ2) is 9.77. The van der Waals surface area contributed by atoms with E-state index < -0.39 is 0 Å². The van der Waals surface area contributed by atoms with Crippen LogP contribution >= 0.6 is 24.0 Å². The average molecular weight is 439 g/mol. The summed E-state index contributed by atoms with van der Waals surface area (Å²) in [5.41, 5.74) is 8.09. The molecule has 4 N–H and O–H groups in total. The van der Waals surface area contributed by atoms with E-state index >= 15 is 0 Å². The number of nitrogens with two attached hydrogens (primary N) is 1. The summed E-state index contributed by atoms with van der Waals surface area (Å²) in [6.07, 6.45) is 1.49. The molecule has 0 amide bonds. The standard InChI is InChI=1S/C16H21N7.HI/c1-19-16(20-2)21-10-6-9-14-13(11-17)15(18)23(22-14)12-7-4-3-5-8-12;/h3-5,7-8H,6,9-10,18H2,1-2H3,(H2,19,20,21);1H. The van der Waals surface area contributed by atoms with Gasteiger partial charge < -0.3 is 16.4 Å². The number of aromatic nitrogens is 2. The average Bonchev–Trinajstić information content (AvgIpc) is 2.91. The molecule has 0 fully saturated rings. The van der Waals surface area contributed by atoms with Gasteiger partial charge in [0.15, 0.2) is 5.96 Å². The van der Waals surface area contributed by atoms with Crippen molar-refractivity contribution in [2.24, 2.45) is 4.99 Å². The molecule has 2 rings (SSSR count). The zero-order valence-electron chi connectivity index (χ0n) is 13.8. The van der Waals surface area contributed by atoms with Gasteiger partial charge in [-0.1, -0.05) is 18.2 Å². The summed E-state index contributed by atoms with van der Waals surface area (Å²) in [6.45, 7) is 0.733. The Balaban J connectivity index is 0.00000288. The van der Waals surface area contributed by atoms with E-state index in [4.69, 9.17) is 5.73 Å². The highest BCUT2D eigenvalue weighted by atomic mass is 127. The van der Waals surface area contributed by atoms with E-state index in [0.29, 0.717) is 17.8 Å². The van der Waals surface area contributed by atoms with E-state index in [9.17, 15) is 5.26 Å². The fraction of sp³-hybridized carbons (Fsp3) is 0.312. The Morgan fingerprint density at radius 1 is 1.38 bits per heavy atom. The zero-order valence-corrected chi connectivity index (χ0v) is 16.1. The third-order valence-corrected chi connectivity index (χ3v) is 3.45. The summed E-state index contributed by atoms with van der Waals surface area (Å²) in [7, 11) is 3.53. The van der Waals surface area contributed by atoms with E-state index in [1.54, 1.807) is 11.7 Å². The number of guanidine groups is 1. The number of hydrogen-bond acceptors (Lipinski definition) is 4. The minimum Gasteiger partial charge on any atom is -0.382 e. The first-order valence-electron chi connectivity index (χ1n) is 7.42. The van der Waals surface area contributed by atoms with Gasteiger partial charge in [-0.15, -0.1) is 24.0 Å². The minimum absolute atomic E-state index is 0. The Bertz CT molecular complexity index is 716. The molecule has 0 aliphatic rings. The number of aryl methyl sites for hydroxylation is 1. The van der Waals surface area contributed by atoms with Crippen LogP contribution in [0.3, 0.4) is 0 Å². The predicted molar refractivity (Wildman–Crippen MR) is 107 cm³/mol. The highest BCUT2D eigenvalue weighted by Crippen LogP contribution is 2.21. The van der Waals surface area contributed by atoms with Crippen molar-refractivity contribution in [1.29, 1.82) is 5.26 Å². The van der Waals surface area contributed by atoms with Crippen molar-refractivity contribution in [1.82, 2.24) is 20.4 Å². The number of anilines is 1. The van der Waals surface area contributed by atoms with Gasteiger partial charge in [0.1, 0.15) is 17.5 Å². The molecule has 24 heavy (non-hydrogen) atoms. The van der Waals surface area contributed by atoms with E-state index in [0.717, 1.165) is 30.3 Å². The van der Waals surface area contributed by atoms with Crippen molar-refractivity contribution >= 4 is 35.8 Å². The van der Waals surface area contributed by atoms with Gasteiger partial charge in [-0.2, -0.15) is 10.4 Å². The van der Waals surface area contributed by atoms with Gasteiger partial charge in [-0.25, -0.2) is 4.68 Å². The Kier molecular flexibility index (Phi) is 8.05. The van der Waals surface area contributed by atoms with Crippen LogP contribution in [0.5, 0.6) is 0 Å². The fourth-order valence-electron chi connectivity index (χ4n) is 2.28. The first-order valence-corrected chi connectivity index (χ1v) is 7.42. The molecule has 0 unspecified atom stereocenters. The molecule has 2 aromatic rings. The molecule has 0 saturated carbocycles. The monoisotopic (exact) mass is 439 g/mol. The van der Waals surface area contributed by atoms with E-state index in [2.05, 4.69) is 26.8 Å². The Morgan fingerprint density at radius 2 is 2.08 bits per heavy atom. The molecular weight excluding hydrogens is 417 g/mol. The van der Waals surface area contributed by atoms with Crippen LogP contribution in [0.4, 0.5) is 5.82 Å². The molecule has 128 valence electrons. The predicted octanol–water partition coefficient (Wildman–Crippen LogP) is 1.67. The van der Waals surface area contributed by atoms with Crippen molar-refractivity contribution < 1.29 is 0 Å². The smallest absolute Gasteiger partial charge is 0.190 e. The van der Waals surface area contributed by atoms with Gasteiger partial charge in [-0.05, 0) is 25.0 Å². The quantitative estimate of drug-likeness (QED) is 0.285. The maximum absolute atomic E-state index is 9.35. The number of para-hydroxylation sites is 1. The van der Waals surface area contributed by atoms with E-state index in [-0.39, 0.29) is 24.0 Å². The van der Waals surface area contributed by atoms with E-state index in [1.165, 1.54) is 0 Å². The Morgan fingerprint density at radius 3 is 2.67 bits per heavy atom. The SMILES string of the molecule is CN=C(NC)NCCCc1nn(-c2ccccc2)c(N)c1C#N.I. The molecule has 0 bridgehead atoms. The molecule has 7 nitrogen and oxygen atoms in total. The first-order chi connectivity index (χ1) is 11.2. The zero-order chi connectivity index (χ0) is 16.7. The number of halogens is 1. The maximum Gasteiger partial charge on any atom is 0.190 e. The normalized spacial score (nSPS) is 10.6. The maximum atomic E-state index is 9.35. The summed E-state index contributed by atoms with van der Waals surface area (Å²) in [6, 6.07) is 11.7. The highest BCUT2D eigenvalue weighted by molar-refractivity contribution is 14.0. The van der Waals surface area contributed by atoms with Gasteiger partial charge in [-0.3, -0.25) is 4.99 Å². The lowest BCUT2D eigenvalue weighted by atomic mass is 10.1. The second-order valence-electron chi connectivity index (χ2n) is 4.92. The van der Waals surface area contributed by atoms with Gasteiger partial charge in [0, 0.05) is 20.6 Å². The summed E-state index contributed by atoms with van der Waals surface area (Å²) >= 11 is 0. The molecule has 0 radical (unpaired) electrons. The first kappa shape index (κ1) is 19.8. The molecule has 0 spiro atoms. The van der Waals surface area contributed by atoms with Gasteiger partial charge in [0.2, 0.25) is 0 Å². The number of benzene rings is 1. The number of hydrogen-bond donors (Lipinski definition) is 3. The Hall–Kier alpha value is -2.28. The van der Waals surface area contributed by atoms with Crippen LogP contribution in [0.25, 0.3) is 5.69 Å². The summed E-state index contributed by atoms with van der Waals surface area (Å²) in [4.78, 5) is 4.05. The highest BCUT2D eigenvalue weighted by Gasteiger charge is 2.15. The molecule has 0 saturated heterocycles. The molecule has 0 atom stereocenters. The van der Waals surface area contributed by atoms with Crippen LogP contribution in [0.15, 0.2) is 35.3 Å². The molecular formula is C16H22IN7. The third-order valence-electron chi connectivity index (χ3n) is 3.45. The molecule has 8 heteroatoms. The number of nitriles is 1. The van der Waals surface area contributed by atoms with Crippen LogP contribution in [0.2, 0.25) is 0 Å². The number of nitrogen functional groups attached to an aromatic ring is 1. The van der Waals surface area contributed by atoms with Crippen LogP contribution < -0.4 is 16.4 Å². The van der Waals surface area contributed by atoms with Gasteiger partial charge >= 0.3 is 0 Å². The number of nitrogens with one attached hydrogen (secondary N) is 2. The van der Waals surface area contributed by atoms with Crippen molar-refractivity contribution in [2.75, 3.05) is 26.4 Å². The third kappa shape index (κ3) is 4.61. The summed E-state index contributed by atoms with van der Waals surface area (Å²) < 4.78 is 1.62. The van der Waals surface area contributed by atoms with Gasteiger partial charge in [0.05, 0.1) is 11.4 Å². The fourth-order valence-corrected chi connectivity index (χ4v) is 2.28. The molecule has 1 heterocycles. The van der Waals surface area contributed by atoms with E-state index in [1.807, 2.05) is 37.4 Å². The lowest BCUT2D eigenvalue weighted by molar-refractivity contribution is 0.731. The number of rotatable bonds is 5. The molecule has 1 aromatic carbocycles. The topological polar surface area (TPSA) is 104 Å². The Labute approximate surface area is 159 Å². The lowest BCUT2D eigenvalue weighted by Gasteiger charge is -2.07. The molecule has 0 aliphatic carbocycles. The van der Waals surface area contributed by atoms with Crippen molar-refractivity contribution in [2.45, 2.75) is 12.8 Å². The molecule has 1 aromatic heterocycles. The van der Waals surface area contributed by atoms with Crippen LogP contribution in [-0.2, 0) is 6.42 Å². The minimum atomic E-state index is 0. The lowest BCUT2D eigenvalue weighted by Crippen LogP contribution is -2.35. The summed E-state index contributed by atoms with van der Waals surface area (Å²) in [5.74, 6) is 1.12. The van der Waals surface area contributed by atoms with Crippen molar-refractivity contribution in [3.05, 3.63) is 41.6 Å². The van der Waals surface area contributed by atoms with Gasteiger partial charge in [0.25, 0.3) is 0 Å². The largest absolute Gasteiger partial charge is 0.382 e. The van der Waals surface area contributed by atoms with Crippen molar-refractivity contribution in [3.8, 4) is 11.8 Å².